The molecule has 24 heavy (non-hydrogen) atoms. The van der Waals surface area contributed by atoms with E-state index < -0.39 is 0 Å². The zero-order valence-corrected chi connectivity index (χ0v) is 17.6. The van der Waals surface area contributed by atoms with Crippen molar-refractivity contribution in [3.63, 3.8) is 0 Å². The molecule has 1 saturated heterocycles. The SMILES string of the molecule is CCNC(=NCc1cccc(Cl)c1)NC1C2CCOC2C1(C)C.I. The van der Waals surface area contributed by atoms with Gasteiger partial charge < -0.3 is 15.4 Å². The Balaban J connectivity index is 0.00000208. The van der Waals surface area contributed by atoms with Crippen LogP contribution in [0.3, 0.4) is 0 Å². The molecule has 4 nitrogen and oxygen atoms in total. The molecule has 2 fully saturated rings. The van der Waals surface area contributed by atoms with Crippen molar-refractivity contribution >= 4 is 41.5 Å². The van der Waals surface area contributed by atoms with Gasteiger partial charge in [-0.25, -0.2) is 4.99 Å². The highest BCUT2D eigenvalue weighted by atomic mass is 127. The van der Waals surface area contributed by atoms with Crippen LogP contribution in [0.4, 0.5) is 0 Å². The Hall–Kier alpha value is -0.530. The highest BCUT2D eigenvalue weighted by Gasteiger charge is 2.59. The fourth-order valence-corrected chi connectivity index (χ4v) is 4.10. The standard InChI is InChI=1S/C18H26ClN3O.HI/c1-4-20-17(21-11-12-6-5-7-13(19)10-12)22-15-14-8-9-23-16(14)18(15,2)3;/h5-7,10,14-16H,4,8-9,11H2,1-3H3,(H2,20,21,22);1H. The highest BCUT2D eigenvalue weighted by molar-refractivity contribution is 14.0. The number of fused-ring (bicyclic) bond motifs is 1. The molecule has 1 aromatic carbocycles. The van der Waals surface area contributed by atoms with Gasteiger partial charge in [0.05, 0.1) is 12.6 Å². The van der Waals surface area contributed by atoms with Gasteiger partial charge in [0.1, 0.15) is 0 Å². The molecule has 0 spiro atoms. The molecule has 1 heterocycles. The summed E-state index contributed by atoms with van der Waals surface area (Å²) in [5.74, 6) is 1.47. The lowest BCUT2D eigenvalue weighted by Crippen LogP contribution is -2.67. The van der Waals surface area contributed by atoms with Crippen molar-refractivity contribution in [2.24, 2.45) is 16.3 Å². The molecule has 1 aliphatic carbocycles. The van der Waals surface area contributed by atoms with Crippen LogP contribution in [0.25, 0.3) is 0 Å². The minimum Gasteiger partial charge on any atom is -0.377 e. The number of ether oxygens (including phenoxy) is 1. The molecule has 6 heteroatoms. The first kappa shape index (κ1) is 19.8. The molecule has 2 aliphatic rings. The van der Waals surface area contributed by atoms with Gasteiger partial charge in [0.25, 0.3) is 0 Å². The summed E-state index contributed by atoms with van der Waals surface area (Å²) in [5.41, 5.74) is 1.26. The molecule has 2 N–H and O–H groups in total. The number of aliphatic imine (C=N–C) groups is 1. The van der Waals surface area contributed by atoms with Crippen LogP contribution < -0.4 is 10.6 Å². The lowest BCUT2D eigenvalue weighted by molar-refractivity contribution is -0.106. The third-order valence-corrected chi connectivity index (χ3v) is 5.28. The average molecular weight is 464 g/mol. The highest BCUT2D eigenvalue weighted by Crippen LogP contribution is 2.52. The van der Waals surface area contributed by atoms with E-state index in [9.17, 15) is 0 Å². The second-order valence-corrected chi connectivity index (χ2v) is 7.45. The maximum atomic E-state index is 6.04. The van der Waals surface area contributed by atoms with Gasteiger partial charge in [-0.3, -0.25) is 0 Å². The number of rotatable bonds is 4. The van der Waals surface area contributed by atoms with Crippen molar-refractivity contribution in [3.8, 4) is 0 Å². The molecule has 134 valence electrons. The molecule has 3 unspecified atom stereocenters. The molecule has 0 aromatic heterocycles. The predicted molar refractivity (Wildman–Crippen MR) is 110 cm³/mol. The third-order valence-electron chi connectivity index (χ3n) is 5.05. The molecule has 1 saturated carbocycles. The molecule has 0 amide bonds. The Morgan fingerprint density at radius 2 is 2.21 bits per heavy atom. The normalized spacial score (nSPS) is 27.7. The summed E-state index contributed by atoms with van der Waals surface area (Å²) in [4.78, 5) is 4.72. The second kappa shape index (κ2) is 8.23. The van der Waals surface area contributed by atoms with Gasteiger partial charge >= 0.3 is 0 Å². The Kier molecular flexibility index (Phi) is 6.79. The molecule has 1 aliphatic heterocycles. The van der Waals surface area contributed by atoms with Crippen molar-refractivity contribution < 1.29 is 4.74 Å². The zero-order chi connectivity index (χ0) is 16.4. The molecule has 0 bridgehead atoms. The van der Waals surface area contributed by atoms with E-state index in [1.807, 2.05) is 24.3 Å². The number of halogens is 2. The molecular formula is C18H27ClIN3O. The van der Waals surface area contributed by atoms with Gasteiger partial charge in [-0.1, -0.05) is 37.6 Å². The van der Waals surface area contributed by atoms with E-state index in [1.54, 1.807) is 0 Å². The van der Waals surface area contributed by atoms with Crippen LogP contribution in [-0.4, -0.2) is 31.3 Å². The van der Waals surface area contributed by atoms with E-state index in [-0.39, 0.29) is 29.4 Å². The van der Waals surface area contributed by atoms with E-state index in [1.165, 1.54) is 0 Å². The summed E-state index contributed by atoms with van der Waals surface area (Å²) in [6.07, 6.45) is 1.52. The second-order valence-electron chi connectivity index (χ2n) is 7.01. The van der Waals surface area contributed by atoms with Crippen LogP contribution in [0.5, 0.6) is 0 Å². The lowest BCUT2D eigenvalue weighted by atomic mass is 9.57. The van der Waals surface area contributed by atoms with Crippen LogP contribution in [0, 0.1) is 11.3 Å². The number of benzene rings is 1. The minimum atomic E-state index is 0. The van der Waals surface area contributed by atoms with Gasteiger partial charge in [0, 0.05) is 35.5 Å². The Morgan fingerprint density at radius 3 is 2.92 bits per heavy atom. The van der Waals surface area contributed by atoms with Crippen LogP contribution >= 0.6 is 35.6 Å². The maximum Gasteiger partial charge on any atom is 0.191 e. The Labute approximate surface area is 166 Å². The van der Waals surface area contributed by atoms with Crippen molar-refractivity contribution in [1.82, 2.24) is 10.6 Å². The topological polar surface area (TPSA) is 45.7 Å². The monoisotopic (exact) mass is 463 g/mol. The largest absolute Gasteiger partial charge is 0.377 e. The fourth-order valence-electron chi connectivity index (χ4n) is 3.89. The Bertz CT molecular complexity index is 593. The van der Waals surface area contributed by atoms with Crippen molar-refractivity contribution in [1.29, 1.82) is 0 Å². The first-order valence-corrected chi connectivity index (χ1v) is 8.81. The molecule has 0 radical (unpaired) electrons. The molecule has 1 aromatic rings. The van der Waals surface area contributed by atoms with E-state index >= 15 is 0 Å². The first-order chi connectivity index (χ1) is 11.0. The molecule has 3 atom stereocenters. The van der Waals surface area contributed by atoms with Crippen LogP contribution in [0.2, 0.25) is 5.02 Å². The number of hydrogen-bond donors (Lipinski definition) is 2. The number of guanidine groups is 1. The van der Waals surface area contributed by atoms with E-state index in [0.29, 0.717) is 24.6 Å². The number of nitrogens with one attached hydrogen (secondary N) is 2. The third kappa shape index (κ3) is 3.99. The summed E-state index contributed by atoms with van der Waals surface area (Å²) in [7, 11) is 0. The zero-order valence-electron chi connectivity index (χ0n) is 14.5. The van der Waals surface area contributed by atoms with E-state index in [2.05, 4.69) is 31.4 Å². The van der Waals surface area contributed by atoms with Gasteiger partial charge in [0.15, 0.2) is 5.96 Å². The summed E-state index contributed by atoms with van der Waals surface area (Å²) < 4.78 is 5.87. The lowest BCUT2D eigenvalue weighted by Gasteiger charge is -2.54. The average Bonchev–Trinajstić information content (AvgIpc) is 2.97. The van der Waals surface area contributed by atoms with Crippen LogP contribution in [0.15, 0.2) is 29.3 Å². The van der Waals surface area contributed by atoms with Gasteiger partial charge in [-0.15, -0.1) is 24.0 Å². The van der Waals surface area contributed by atoms with Crippen LogP contribution in [-0.2, 0) is 11.3 Å². The summed E-state index contributed by atoms with van der Waals surface area (Å²) in [6, 6.07) is 8.26. The summed E-state index contributed by atoms with van der Waals surface area (Å²) >= 11 is 6.04. The maximum absolute atomic E-state index is 6.04. The van der Waals surface area contributed by atoms with Crippen molar-refractivity contribution in [3.05, 3.63) is 34.9 Å². The minimum absolute atomic E-state index is 0. The fraction of sp³-hybridized carbons (Fsp3) is 0.611. The summed E-state index contributed by atoms with van der Waals surface area (Å²) in [6.45, 7) is 8.99. The van der Waals surface area contributed by atoms with Gasteiger partial charge in [0.2, 0.25) is 0 Å². The Morgan fingerprint density at radius 1 is 1.42 bits per heavy atom. The molecule has 3 rings (SSSR count). The number of hydrogen-bond acceptors (Lipinski definition) is 2. The quantitative estimate of drug-likeness (QED) is 0.405. The van der Waals surface area contributed by atoms with Crippen molar-refractivity contribution in [2.45, 2.75) is 45.9 Å². The summed E-state index contributed by atoms with van der Waals surface area (Å²) in [5, 5.41) is 7.73. The van der Waals surface area contributed by atoms with Crippen molar-refractivity contribution in [2.75, 3.05) is 13.2 Å². The number of nitrogens with zero attached hydrogens (tertiary/aromatic N) is 1. The van der Waals surface area contributed by atoms with Gasteiger partial charge in [-0.05, 0) is 31.0 Å². The van der Waals surface area contributed by atoms with Gasteiger partial charge in [-0.2, -0.15) is 0 Å². The molecular weight excluding hydrogens is 437 g/mol. The first-order valence-electron chi connectivity index (χ1n) is 8.43. The van der Waals surface area contributed by atoms with Crippen LogP contribution in [0.1, 0.15) is 32.8 Å². The smallest absolute Gasteiger partial charge is 0.191 e. The van der Waals surface area contributed by atoms with E-state index in [0.717, 1.165) is 36.1 Å². The van der Waals surface area contributed by atoms with E-state index in [4.69, 9.17) is 21.3 Å². The predicted octanol–water partition coefficient (Wildman–Crippen LogP) is 3.83.